The van der Waals surface area contributed by atoms with Gasteiger partial charge in [-0.1, -0.05) is 80.0 Å². The monoisotopic (exact) mass is 545 g/mol. The lowest BCUT2D eigenvalue weighted by molar-refractivity contribution is 0.0697. The van der Waals surface area contributed by atoms with E-state index in [4.69, 9.17) is 25.6 Å². The van der Waals surface area contributed by atoms with Crippen LogP contribution >= 0.6 is 11.6 Å². The van der Waals surface area contributed by atoms with Crippen molar-refractivity contribution in [2.24, 2.45) is 0 Å². The second-order valence-electron chi connectivity index (χ2n) is 10.4. The van der Waals surface area contributed by atoms with Crippen molar-refractivity contribution in [2.75, 3.05) is 0 Å². The Balaban J connectivity index is 1.50. The molecule has 0 saturated carbocycles. The van der Waals surface area contributed by atoms with E-state index in [2.05, 4.69) is 25.9 Å². The number of ether oxygens (including phenoxy) is 2. The summed E-state index contributed by atoms with van der Waals surface area (Å²) in [6.07, 6.45) is 3.66. The van der Waals surface area contributed by atoms with E-state index < -0.39 is 5.97 Å². The smallest absolute Gasteiger partial charge is 0.335 e. The summed E-state index contributed by atoms with van der Waals surface area (Å²) in [5, 5.41) is 14.0. The maximum Gasteiger partial charge on any atom is 0.335 e. The summed E-state index contributed by atoms with van der Waals surface area (Å²) in [5.41, 5.74) is 5.18. The molecule has 1 aromatic heterocycles. The van der Waals surface area contributed by atoms with Gasteiger partial charge < -0.3 is 19.1 Å². The fourth-order valence-corrected chi connectivity index (χ4v) is 4.44. The van der Waals surface area contributed by atoms with Crippen molar-refractivity contribution in [2.45, 2.75) is 53.2 Å². The number of carbonyl (C=O) groups is 1. The van der Waals surface area contributed by atoms with Crippen LogP contribution in [0, 0.1) is 13.8 Å². The van der Waals surface area contributed by atoms with Crippen LogP contribution < -0.4 is 9.47 Å². The van der Waals surface area contributed by atoms with Gasteiger partial charge in [0.1, 0.15) is 36.2 Å². The van der Waals surface area contributed by atoms with E-state index in [-0.39, 0.29) is 24.2 Å². The minimum absolute atomic E-state index is 0.231. The first kappa shape index (κ1) is 28.0. The van der Waals surface area contributed by atoms with E-state index in [1.165, 1.54) is 0 Å². The second-order valence-corrected chi connectivity index (χ2v) is 10.8. The van der Waals surface area contributed by atoms with Gasteiger partial charge in [0.2, 0.25) is 0 Å². The quantitative estimate of drug-likeness (QED) is 0.213. The molecule has 0 aliphatic carbocycles. The first-order valence-electron chi connectivity index (χ1n) is 12.6. The third-order valence-electron chi connectivity index (χ3n) is 6.26. The number of aromatic nitrogens is 1. The van der Waals surface area contributed by atoms with Gasteiger partial charge in [0.05, 0.1) is 16.1 Å². The van der Waals surface area contributed by atoms with E-state index in [0.717, 1.165) is 39.3 Å². The van der Waals surface area contributed by atoms with Crippen molar-refractivity contribution in [3.05, 3.63) is 111 Å². The normalized spacial score (nSPS) is 11.6. The Hall–Kier alpha value is -4.03. The van der Waals surface area contributed by atoms with Crippen molar-refractivity contribution in [1.29, 1.82) is 0 Å². The molecule has 202 valence electrons. The molecule has 4 rings (SSSR count). The van der Waals surface area contributed by atoms with Gasteiger partial charge in [-0.15, -0.1) is 0 Å². The lowest BCUT2D eigenvalue weighted by atomic mass is 9.90. The molecule has 0 amide bonds. The van der Waals surface area contributed by atoms with Crippen LogP contribution in [0.25, 0.3) is 12.2 Å². The highest BCUT2D eigenvalue weighted by molar-refractivity contribution is 6.32. The van der Waals surface area contributed by atoms with E-state index in [9.17, 15) is 9.90 Å². The maximum atomic E-state index is 11.2. The molecule has 1 N–H and O–H groups in total. The van der Waals surface area contributed by atoms with E-state index in [1.54, 1.807) is 24.3 Å². The predicted molar refractivity (Wildman–Crippen MR) is 154 cm³/mol. The molecule has 3 aromatic carbocycles. The molecule has 0 bridgehead atoms. The Bertz CT molecular complexity index is 1490. The molecule has 1 heterocycles. The van der Waals surface area contributed by atoms with Gasteiger partial charge in [0.25, 0.3) is 0 Å². The molecule has 0 radical (unpaired) electrons. The average Bonchev–Trinajstić information content (AvgIpc) is 3.30. The number of hydrogen-bond donors (Lipinski definition) is 1. The Morgan fingerprint density at radius 2 is 1.69 bits per heavy atom. The summed E-state index contributed by atoms with van der Waals surface area (Å²) >= 11 is 6.54. The fraction of sp³-hybridized carbons (Fsp3) is 0.250. The highest BCUT2D eigenvalue weighted by Crippen LogP contribution is 2.32. The first-order chi connectivity index (χ1) is 18.5. The minimum atomic E-state index is -0.966. The molecule has 6 nitrogen and oxygen atoms in total. The van der Waals surface area contributed by atoms with Crippen molar-refractivity contribution >= 4 is 29.7 Å². The lowest BCUT2D eigenvalue weighted by Crippen LogP contribution is -2.15. The summed E-state index contributed by atoms with van der Waals surface area (Å²) in [4.78, 5) is 11.2. The predicted octanol–water partition coefficient (Wildman–Crippen LogP) is 8.27. The summed E-state index contributed by atoms with van der Waals surface area (Å²) in [5.74, 6) is 1.23. The van der Waals surface area contributed by atoms with Crippen LogP contribution in [-0.4, -0.2) is 16.2 Å². The van der Waals surface area contributed by atoms with Gasteiger partial charge >= 0.3 is 5.97 Å². The van der Waals surface area contributed by atoms with E-state index in [1.807, 2.05) is 62.4 Å². The number of nitrogens with zero attached hydrogens (tertiary/aromatic N) is 1. The summed E-state index contributed by atoms with van der Waals surface area (Å²) in [6, 6.07) is 18.2. The van der Waals surface area contributed by atoms with Crippen LogP contribution in [-0.2, 0) is 18.6 Å². The Morgan fingerprint density at radius 1 is 0.974 bits per heavy atom. The van der Waals surface area contributed by atoms with Crippen LogP contribution in [0.5, 0.6) is 11.5 Å². The number of hydrogen-bond acceptors (Lipinski definition) is 5. The SMILES string of the molecule is Cc1cccc(C)c1OCc1noc(C(C)(C)C)c1COc1ccc(/C=C/c2cccc(C(=O)O)c2)c(Cl)c1. The zero-order valence-electron chi connectivity index (χ0n) is 22.7. The van der Waals surface area contributed by atoms with Crippen molar-refractivity contribution in [3.63, 3.8) is 0 Å². The number of para-hydroxylation sites is 1. The summed E-state index contributed by atoms with van der Waals surface area (Å²) in [7, 11) is 0. The highest BCUT2D eigenvalue weighted by Gasteiger charge is 2.27. The minimum Gasteiger partial charge on any atom is -0.489 e. The standard InChI is InChI=1S/C32H32ClNO5/c1-20-8-6-9-21(2)29(20)38-19-28-26(30(39-34-28)32(3,4)5)18-37-25-15-14-23(27(33)17-25)13-12-22-10-7-11-24(16-22)31(35)36/h6-17H,18-19H2,1-5H3,(H,35,36)/b13-12+. The molecule has 0 fully saturated rings. The van der Waals surface area contributed by atoms with Crippen LogP contribution in [0.15, 0.2) is 65.2 Å². The molecule has 0 saturated heterocycles. The number of carboxylic acid groups (broad SMARTS) is 1. The third kappa shape index (κ3) is 6.89. The molecule has 7 heteroatoms. The molecule has 0 spiro atoms. The molecule has 0 unspecified atom stereocenters. The summed E-state index contributed by atoms with van der Waals surface area (Å²) in [6.45, 7) is 10.7. The topological polar surface area (TPSA) is 81.8 Å². The van der Waals surface area contributed by atoms with Crippen molar-refractivity contribution in [3.8, 4) is 11.5 Å². The van der Waals surface area contributed by atoms with Crippen LogP contribution in [0.1, 0.15) is 70.4 Å². The van der Waals surface area contributed by atoms with E-state index in [0.29, 0.717) is 16.5 Å². The highest BCUT2D eigenvalue weighted by atomic mass is 35.5. The van der Waals surface area contributed by atoms with Crippen LogP contribution in [0.4, 0.5) is 0 Å². The van der Waals surface area contributed by atoms with Gasteiger partial charge in [-0.2, -0.15) is 0 Å². The van der Waals surface area contributed by atoms with Gasteiger partial charge in [0, 0.05) is 5.41 Å². The Kier molecular flexibility index (Phi) is 8.46. The number of aromatic carboxylic acids is 1. The third-order valence-corrected chi connectivity index (χ3v) is 6.58. The number of benzene rings is 3. The van der Waals surface area contributed by atoms with Gasteiger partial charge in [-0.25, -0.2) is 4.79 Å². The number of rotatable bonds is 9. The molecule has 39 heavy (non-hydrogen) atoms. The largest absolute Gasteiger partial charge is 0.489 e. The molecule has 0 atom stereocenters. The van der Waals surface area contributed by atoms with Gasteiger partial charge in [-0.05, 0) is 66.4 Å². The molecule has 0 aliphatic heterocycles. The van der Waals surface area contributed by atoms with Crippen LogP contribution in [0.3, 0.4) is 0 Å². The Morgan fingerprint density at radius 3 is 2.36 bits per heavy atom. The number of halogens is 1. The van der Waals surface area contributed by atoms with Gasteiger partial charge in [0.15, 0.2) is 0 Å². The van der Waals surface area contributed by atoms with Crippen LogP contribution in [0.2, 0.25) is 5.02 Å². The summed E-state index contributed by atoms with van der Waals surface area (Å²) < 4.78 is 18.0. The zero-order chi connectivity index (χ0) is 28.2. The van der Waals surface area contributed by atoms with Gasteiger partial charge in [-0.3, -0.25) is 0 Å². The Labute approximate surface area is 233 Å². The molecule has 4 aromatic rings. The second kappa shape index (κ2) is 11.8. The molecule has 0 aliphatic rings. The number of aryl methyl sites for hydroxylation is 2. The number of carboxylic acids is 1. The zero-order valence-corrected chi connectivity index (χ0v) is 23.5. The maximum absolute atomic E-state index is 11.2. The molecular weight excluding hydrogens is 514 g/mol. The van der Waals surface area contributed by atoms with Crippen molar-refractivity contribution < 1.29 is 23.9 Å². The molecular formula is C32H32ClNO5. The van der Waals surface area contributed by atoms with Crippen molar-refractivity contribution in [1.82, 2.24) is 5.16 Å². The van der Waals surface area contributed by atoms with E-state index >= 15 is 0 Å². The average molecular weight is 546 g/mol. The first-order valence-corrected chi connectivity index (χ1v) is 13.0. The fourth-order valence-electron chi connectivity index (χ4n) is 4.21. The lowest BCUT2D eigenvalue weighted by Gasteiger charge is -2.17.